The number of fused-ring (bicyclic) bond motifs is 1. The van der Waals surface area contributed by atoms with Crippen LogP contribution in [0.25, 0.3) is 16.9 Å². The van der Waals surface area contributed by atoms with Crippen LogP contribution in [-0.2, 0) is 0 Å². The van der Waals surface area contributed by atoms with Crippen molar-refractivity contribution < 1.29 is 14.6 Å². The second-order valence-corrected chi connectivity index (χ2v) is 4.13. The maximum absolute atomic E-state index is 11.1. The molecule has 0 spiro atoms. The molecule has 0 saturated heterocycles. The van der Waals surface area contributed by atoms with Crippen molar-refractivity contribution in [2.45, 2.75) is 0 Å². The number of aromatic carboxylic acids is 1. The molecule has 1 N–H and O–H groups in total. The van der Waals surface area contributed by atoms with Crippen LogP contribution in [0.1, 0.15) is 10.4 Å². The smallest absolute Gasteiger partial charge is 0.341 e. The lowest BCUT2D eigenvalue weighted by atomic mass is 10.1. The highest BCUT2D eigenvalue weighted by Crippen LogP contribution is 2.29. The van der Waals surface area contributed by atoms with Crippen LogP contribution in [0.5, 0.6) is 5.75 Å². The molecule has 20 heavy (non-hydrogen) atoms. The Morgan fingerprint density at radius 1 is 1.30 bits per heavy atom. The van der Waals surface area contributed by atoms with Gasteiger partial charge in [0.2, 0.25) is 0 Å². The van der Waals surface area contributed by atoms with E-state index in [1.165, 1.54) is 10.7 Å². The first kappa shape index (κ1) is 12.2. The Kier molecular flexibility index (Phi) is 2.83. The quantitative estimate of drug-likeness (QED) is 0.788. The normalized spacial score (nSPS) is 10.7. The van der Waals surface area contributed by atoms with Crippen LogP contribution in [0.4, 0.5) is 0 Å². The van der Waals surface area contributed by atoms with Crippen molar-refractivity contribution in [3.63, 3.8) is 0 Å². The van der Waals surface area contributed by atoms with E-state index in [0.29, 0.717) is 11.4 Å². The van der Waals surface area contributed by atoms with Crippen molar-refractivity contribution in [3.8, 4) is 17.0 Å². The molecule has 0 bridgehead atoms. The van der Waals surface area contributed by atoms with Gasteiger partial charge in [0.05, 0.1) is 19.0 Å². The zero-order valence-electron chi connectivity index (χ0n) is 10.6. The Morgan fingerprint density at radius 2 is 2.10 bits per heavy atom. The molecule has 100 valence electrons. The number of carboxylic acid groups (broad SMARTS) is 1. The fourth-order valence-electron chi connectivity index (χ4n) is 2.10. The van der Waals surface area contributed by atoms with E-state index in [1.54, 1.807) is 19.4 Å². The van der Waals surface area contributed by atoms with Crippen molar-refractivity contribution in [2.24, 2.45) is 0 Å². The van der Waals surface area contributed by atoms with Crippen LogP contribution < -0.4 is 4.74 Å². The number of hydrogen-bond acceptors (Lipinski definition) is 4. The molecule has 0 saturated carbocycles. The second-order valence-electron chi connectivity index (χ2n) is 4.13. The predicted molar refractivity (Wildman–Crippen MR) is 71.9 cm³/mol. The zero-order valence-corrected chi connectivity index (χ0v) is 10.6. The minimum absolute atomic E-state index is 0.0711. The van der Waals surface area contributed by atoms with E-state index in [-0.39, 0.29) is 5.56 Å². The van der Waals surface area contributed by atoms with E-state index in [0.717, 1.165) is 11.3 Å². The molecule has 0 fully saturated rings. The van der Waals surface area contributed by atoms with Gasteiger partial charge in [-0.3, -0.25) is 0 Å². The molecule has 3 rings (SSSR count). The van der Waals surface area contributed by atoms with Gasteiger partial charge in [-0.25, -0.2) is 14.3 Å². The van der Waals surface area contributed by atoms with Gasteiger partial charge >= 0.3 is 5.97 Å². The first-order valence-corrected chi connectivity index (χ1v) is 5.92. The number of nitrogens with zero attached hydrogens (tertiary/aromatic N) is 3. The Labute approximate surface area is 114 Å². The van der Waals surface area contributed by atoms with E-state index >= 15 is 0 Å². The summed E-state index contributed by atoms with van der Waals surface area (Å²) in [5.74, 6) is -0.364. The van der Waals surface area contributed by atoms with Gasteiger partial charge in [0.1, 0.15) is 11.3 Å². The predicted octanol–water partition coefficient (Wildman–Crippen LogP) is 2.10. The average Bonchev–Trinajstić information content (AvgIpc) is 2.91. The van der Waals surface area contributed by atoms with Crippen LogP contribution in [0, 0.1) is 0 Å². The third-order valence-corrected chi connectivity index (χ3v) is 3.01. The van der Waals surface area contributed by atoms with Crippen molar-refractivity contribution in [1.29, 1.82) is 0 Å². The molecule has 0 aliphatic carbocycles. The lowest BCUT2D eigenvalue weighted by Gasteiger charge is -2.09. The van der Waals surface area contributed by atoms with Crippen LogP contribution in [0.3, 0.4) is 0 Å². The van der Waals surface area contributed by atoms with Gasteiger partial charge in [0, 0.05) is 11.8 Å². The largest absolute Gasteiger partial charge is 0.496 e. The highest BCUT2D eigenvalue weighted by atomic mass is 16.5. The second kappa shape index (κ2) is 4.65. The number of hydrogen-bond donors (Lipinski definition) is 1. The molecule has 0 atom stereocenters. The number of rotatable bonds is 3. The van der Waals surface area contributed by atoms with Gasteiger partial charge in [0.15, 0.2) is 5.65 Å². The van der Waals surface area contributed by atoms with E-state index < -0.39 is 5.97 Å². The van der Waals surface area contributed by atoms with Crippen molar-refractivity contribution in [2.75, 3.05) is 7.11 Å². The number of methoxy groups -OCH3 is 1. The lowest BCUT2D eigenvalue weighted by Crippen LogP contribution is -2.00. The Morgan fingerprint density at radius 3 is 2.85 bits per heavy atom. The van der Waals surface area contributed by atoms with E-state index in [9.17, 15) is 4.79 Å². The van der Waals surface area contributed by atoms with Gasteiger partial charge < -0.3 is 9.84 Å². The molecular weight excluding hydrogens is 258 g/mol. The summed E-state index contributed by atoms with van der Waals surface area (Å²) in [6.45, 7) is 0. The maximum Gasteiger partial charge on any atom is 0.341 e. The van der Waals surface area contributed by atoms with Crippen LogP contribution in [-0.4, -0.2) is 32.8 Å². The van der Waals surface area contributed by atoms with Crippen LogP contribution >= 0.6 is 0 Å². The molecule has 2 heterocycles. The zero-order chi connectivity index (χ0) is 14.1. The van der Waals surface area contributed by atoms with Crippen molar-refractivity contribution in [1.82, 2.24) is 14.6 Å². The number of carbonyl (C=O) groups is 1. The summed E-state index contributed by atoms with van der Waals surface area (Å²) in [6, 6.07) is 9.24. The average molecular weight is 269 g/mol. The molecule has 0 aliphatic rings. The van der Waals surface area contributed by atoms with Gasteiger partial charge in [-0.05, 0) is 18.2 Å². The summed E-state index contributed by atoms with van der Waals surface area (Å²) in [7, 11) is 1.59. The Bertz CT molecular complexity index is 795. The molecule has 6 heteroatoms. The molecule has 2 aromatic heterocycles. The third kappa shape index (κ3) is 1.78. The number of benzene rings is 1. The monoisotopic (exact) mass is 269 g/mol. The fraction of sp³-hybridized carbons (Fsp3) is 0.0714. The summed E-state index contributed by atoms with van der Waals surface area (Å²) in [5, 5.41) is 13.2. The van der Waals surface area contributed by atoms with Crippen LogP contribution in [0.2, 0.25) is 0 Å². The molecule has 1 aromatic carbocycles. The molecule has 0 unspecified atom stereocenters. The van der Waals surface area contributed by atoms with E-state index in [4.69, 9.17) is 9.84 Å². The molecule has 0 aliphatic heterocycles. The Hall–Kier alpha value is -2.89. The number of para-hydroxylation sites is 1. The minimum atomic E-state index is -1.05. The standard InChI is InChI=1S/C14H11N3O3/c1-20-12-5-3-2-4-9(12)11-6-7-15-13-10(14(18)19)8-16-17(11)13/h2-8H,1H3,(H,18,19). The third-order valence-electron chi connectivity index (χ3n) is 3.01. The minimum Gasteiger partial charge on any atom is -0.496 e. The summed E-state index contributed by atoms with van der Waals surface area (Å²) >= 11 is 0. The molecule has 6 nitrogen and oxygen atoms in total. The van der Waals surface area contributed by atoms with Gasteiger partial charge in [-0.2, -0.15) is 5.10 Å². The molecular formula is C14H11N3O3. The van der Waals surface area contributed by atoms with E-state index in [2.05, 4.69) is 10.1 Å². The molecule has 3 aromatic rings. The summed E-state index contributed by atoms with van der Waals surface area (Å²) in [5.41, 5.74) is 1.92. The van der Waals surface area contributed by atoms with Crippen LogP contribution in [0.15, 0.2) is 42.7 Å². The Balaban J connectivity index is 2.30. The first-order chi connectivity index (χ1) is 9.72. The van der Waals surface area contributed by atoms with Gasteiger partial charge in [-0.1, -0.05) is 12.1 Å². The number of ether oxygens (including phenoxy) is 1. The molecule has 0 amide bonds. The van der Waals surface area contributed by atoms with Crippen molar-refractivity contribution >= 4 is 11.6 Å². The summed E-state index contributed by atoms with van der Waals surface area (Å²) < 4.78 is 6.83. The van der Waals surface area contributed by atoms with E-state index in [1.807, 2.05) is 24.3 Å². The molecule has 0 radical (unpaired) electrons. The lowest BCUT2D eigenvalue weighted by molar-refractivity contribution is 0.0699. The number of carboxylic acids is 1. The fourth-order valence-corrected chi connectivity index (χ4v) is 2.10. The SMILES string of the molecule is COc1ccccc1-c1ccnc2c(C(=O)O)cnn12. The summed E-state index contributed by atoms with van der Waals surface area (Å²) in [4.78, 5) is 15.2. The number of aromatic nitrogens is 3. The maximum atomic E-state index is 11.1. The first-order valence-electron chi connectivity index (χ1n) is 5.92. The highest BCUT2D eigenvalue weighted by molar-refractivity contribution is 5.94. The topological polar surface area (TPSA) is 76.7 Å². The van der Waals surface area contributed by atoms with Gasteiger partial charge in [0.25, 0.3) is 0 Å². The highest BCUT2D eigenvalue weighted by Gasteiger charge is 2.16. The summed E-state index contributed by atoms with van der Waals surface area (Å²) in [6.07, 6.45) is 2.86. The van der Waals surface area contributed by atoms with Crippen molar-refractivity contribution in [3.05, 3.63) is 48.3 Å². The van der Waals surface area contributed by atoms with Gasteiger partial charge in [-0.15, -0.1) is 0 Å².